The molecule has 0 unspecified atom stereocenters. The van der Waals surface area contributed by atoms with E-state index in [0.29, 0.717) is 17.4 Å². The van der Waals surface area contributed by atoms with Crippen molar-refractivity contribution in [1.29, 1.82) is 5.41 Å². The molecule has 36 heavy (non-hydrogen) atoms. The molecule has 0 aliphatic carbocycles. The predicted molar refractivity (Wildman–Crippen MR) is 143 cm³/mol. The molecule has 1 aromatic carbocycles. The third-order valence-corrected chi connectivity index (χ3v) is 7.28. The average Bonchev–Trinajstić information content (AvgIpc) is 2.93. The Bertz CT molecular complexity index is 1180. The first-order valence-corrected chi connectivity index (χ1v) is 12.7. The second kappa shape index (κ2) is 12.1. The molecule has 2 fully saturated rings. The van der Waals surface area contributed by atoms with Crippen LogP contribution in [-0.4, -0.2) is 69.8 Å². The number of anilines is 1. The van der Waals surface area contributed by atoms with Crippen LogP contribution in [0, 0.1) is 17.2 Å². The highest BCUT2D eigenvalue weighted by molar-refractivity contribution is 6.00. The number of benzene rings is 1. The van der Waals surface area contributed by atoms with Gasteiger partial charge in [0.05, 0.1) is 16.9 Å². The van der Waals surface area contributed by atoms with E-state index in [4.69, 9.17) is 21.2 Å². The lowest BCUT2D eigenvalue weighted by Crippen LogP contribution is -2.46. The SMILES string of the molecule is CO.N=C(c1ccc2ccccc2n1)C1CCN(C(=O)C2CCN(Cc3ccnc(N)c3)CC2)CC1. The maximum absolute atomic E-state index is 13.2. The summed E-state index contributed by atoms with van der Waals surface area (Å²) in [6.45, 7) is 4.16. The summed E-state index contributed by atoms with van der Waals surface area (Å²) in [6.07, 6.45) is 5.22. The van der Waals surface area contributed by atoms with Gasteiger partial charge in [-0.25, -0.2) is 9.97 Å². The number of nitrogens with zero attached hydrogens (tertiary/aromatic N) is 4. The largest absolute Gasteiger partial charge is 0.400 e. The minimum Gasteiger partial charge on any atom is -0.400 e. The second-order valence-corrected chi connectivity index (χ2v) is 9.54. The van der Waals surface area contributed by atoms with Crippen LogP contribution >= 0.6 is 0 Å². The molecule has 8 nitrogen and oxygen atoms in total. The van der Waals surface area contributed by atoms with Crippen LogP contribution in [0.25, 0.3) is 10.9 Å². The molecule has 0 atom stereocenters. The van der Waals surface area contributed by atoms with E-state index in [1.165, 1.54) is 5.56 Å². The first-order chi connectivity index (χ1) is 17.6. The van der Waals surface area contributed by atoms with Gasteiger partial charge in [0, 0.05) is 50.2 Å². The van der Waals surface area contributed by atoms with Crippen molar-refractivity contribution in [3.63, 3.8) is 0 Å². The number of carbonyl (C=O) groups excluding carboxylic acids is 1. The molecule has 0 saturated carbocycles. The topological polar surface area (TPSA) is 119 Å². The maximum atomic E-state index is 13.2. The van der Waals surface area contributed by atoms with Crippen LogP contribution in [0.1, 0.15) is 36.9 Å². The summed E-state index contributed by atoms with van der Waals surface area (Å²) < 4.78 is 0. The summed E-state index contributed by atoms with van der Waals surface area (Å²) in [6, 6.07) is 15.9. The molecule has 2 aliphatic rings. The number of aliphatic hydroxyl groups excluding tert-OH is 1. The van der Waals surface area contributed by atoms with Gasteiger partial charge in [0.15, 0.2) is 0 Å². The lowest BCUT2D eigenvalue weighted by Gasteiger charge is -2.37. The molecule has 190 valence electrons. The second-order valence-electron chi connectivity index (χ2n) is 9.54. The smallest absolute Gasteiger partial charge is 0.225 e. The number of likely N-dealkylation sites (tertiary alicyclic amines) is 2. The zero-order valence-corrected chi connectivity index (χ0v) is 20.9. The number of aromatic nitrogens is 2. The average molecular weight is 489 g/mol. The normalized spacial score (nSPS) is 17.4. The molecule has 3 aromatic rings. The van der Waals surface area contributed by atoms with E-state index in [1.54, 1.807) is 6.20 Å². The number of pyridine rings is 2. The molecule has 8 heteroatoms. The number of piperidine rings is 2. The first-order valence-electron chi connectivity index (χ1n) is 12.7. The zero-order valence-electron chi connectivity index (χ0n) is 20.9. The Morgan fingerprint density at radius 2 is 1.69 bits per heavy atom. The van der Waals surface area contributed by atoms with Gasteiger partial charge in [0.2, 0.25) is 5.91 Å². The molecule has 0 radical (unpaired) electrons. The third kappa shape index (κ3) is 6.06. The molecule has 2 aromatic heterocycles. The number of carbonyl (C=O) groups is 1. The number of aliphatic hydroxyl groups is 1. The van der Waals surface area contributed by atoms with Crippen LogP contribution in [0.15, 0.2) is 54.7 Å². The van der Waals surface area contributed by atoms with Crippen LogP contribution in [0.2, 0.25) is 0 Å². The summed E-state index contributed by atoms with van der Waals surface area (Å²) in [5.41, 5.74) is 9.25. The Balaban J connectivity index is 0.00000148. The number of amides is 1. The fourth-order valence-corrected chi connectivity index (χ4v) is 5.26. The van der Waals surface area contributed by atoms with Crippen LogP contribution in [0.5, 0.6) is 0 Å². The highest BCUT2D eigenvalue weighted by Crippen LogP contribution is 2.26. The molecule has 2 aliphatic heterocycles. The lowest BCUT2D eigenvalue weighted by molar-refractivity contribution is -0.138. The highest BCUT2D eigenvalue weighted by atomic mass is 16.2. The van der Waals surface area contributed by atoms with Gasteiger partial charge in [-0.3, -0.25) is 9.69 Å². The molecule has 1 amide bonds. The van der Waals surface area contributed by atoms with Crippen LogP contribution in [0.4, 0.5) is 5.82 Å². The standard InChI is InChI=1S/C27H32N6O.CH4O/c28-25-17-19(7-12-30-25)18-32-13-8-22(9-14-32)27(34)33-15-10-21(11-16-33)26(29)24-6-5-20-3-1-2-4-23(20)31-24;1-2/h1-7,12,17,21-22,29H,8-11,13-16,18H2,(H2,28,30);2H,1H3. The number of para-hydroxylation sites is 1. The van der Waals surface area contributed by atoms with Crippen molar-refractivity contribution < 1.29 is 9.90 Å². The number of hydrogen-bond acceptors (Lipinski definition) is 7. The van der Waals surface area contributed by atoms with Gasteiger partial charge >= 0.3 is 0 Å². The fourth-order valence-electron chi connectivity index (χ4n) is 5.26. The van der Waals surface area contributed by atoms with E-state index in [1.807, 2.05) is 53.4 Å². The van der Waals surface area contributed by atoms with Crippen molar-refractivity contribution in [3.8, 4) is 0 Å². The van der Waals surface area contributed by atoms with Gasteiger partial charge in [-0.05, 0) is 68.6 Å². The van der Waals surface area contributed by atoms with Gasteiger partial charge in [-0.15, -0.1) is 0 Å². The molecular formula is C28H36N6O2. The first kappa shape index (κ1) is 25.7. The monoisotopic (exact) mass is 488 g/mol. The number of rotatable bonds is 5. The molecule has 0 bridgehead atoms. The van der Waals surface area contributed by atoms with Crippen LogP contribution in [-0.2, 0) is 11.3 Å². The van der Waals surface area contributed by atoms with Gasteiger partial charge in [0.1, 0.15) is 5.82 Å². The summed E-state index contributed by atoms with van der Waals surface area (Å²) >= 11 is 0. The predicted octanol–water partition coefficient (Wildman–Crippen LogP) is 3.34. The number of nitrogens with one attached hydrogen (secondary N) is 1. The molecule has 5 rings (SSSR count). The summed E-state index contributed by atoms with van der Waals surface area (Å²) in [4.78, 5) is 26.4. The van der Waals surface area contributed by atoms with Gasteiger partial charge in [0.25, 0.3) is 0 Å². The minimum atomic E-state index is 0.108. The van der Waals surface area contributed by atoms with Gasteiger partial charge in [-0.2, -0.15) is 0 Å². The number of fused-ring (bicyclic) bond motifs is 1. The number of hydrogen-bond donors (Lipinski definition) is 3. The van der Waals surface area contributed by atoms with E-state index >= 15 is 0 Å². The Labute approximate surface area is 212 Å². The van der Waals surface area contributed by atoms with Crippen molar-refractivity contribution in [2.45, 2.75) is 32.2 Å². The molecule has 0 spiro atoms. The van der Waals surface area contributed by atoms with E-state index in [9.17, 15) is 4.79 Å². The van der Waals surface area contributed by atoms with Gasteiger partial charge < -0.3 is 21.1 Å². The summed E-state index contributed by atoms with van der Waals surface area (Å²) in [7, 11) is 1.00. The van der Waals surface area contributed by atoms with Crippen molar-refractivity contribution in [2.75, 3.05) is 39.0 Å². The van der Waals surface area contributed by atoms with Crippen molar-refractivity contribution >= 4 is 28.3 Å². The Morgan fingerprint density at radius 3 is 2.42 bits per heavy atom. The van der Waals surface area contributed by atoms with Crippen LogP contribution < -0.4 is 5.73 Å². The van der Waals surface area contributed by atoms with E-state index in [-0.39, 0.29) is 11.8 Å². The fraction of sp³-hybridized carbons (Fsp3) is 0.429. The molecule has 2 saturated heterocycles. The maximum Gasteiger partial charge on any atom is 0.225 e. The highest BCUT2D eigenvalue weighted by Gasteiger charge is 2.32. The van der Waals surface area contributed by atoms with E-state index in [2.05, 4.69) is 9.88 Å². The Kier molecular flexibility index (Phi) is 8.61. The molecule has 4 N–H and O–H groups in total. The van der Waals surface area contributed by atoms with Crippen molar-refractivity contribution in [2.24, 2.45) is 11.8 Å². The van der Waals surface area contributed by atoms with E-state index < -0.39 is 0 Å². The summed E-state index contributed by atoms with van der Waals surface area (Å²) in [5, 5.41) is 16.8. The lowest BCUT2D eigenvalue weighted by atomic mass is 9.88. The van der Waals surface area contributed by atoms with Crippen molar-refractivity contribution in [1.82, 2.24) is 19.8 Å². The van der Waals surface area contributed by atoms with Crippen molar-refractivity contribution in [3.05, 3.63) is 66.0 Å². The number of nitrogens with two attached hydrogens (primary N) is 1. The Hall–Kier alpha value is -3.36. The quantitative estimate of drug-likeness (QED) is 0.474. The number of nitrogen functional groups attached to an aromatic ring is 1. The molecular weight excluding hydrogens is 452 g/mol. The van der Waals surface area contributed by atoms with Crippen LogP contribution in [0.3, 0.4) is 0 Å². The minimum absolute atomic E-state index is 0.108. The molecule has 4 heterocycles. The summed E-state index contributed by atoms with van der Waals surface area (Å²) in [5.74, 6) is 1.11. The Morgan fingerprint density at radius 1 is 1.00 bits per heavy atom. The third-order valence-electron chi connectivity index (χ3n) is 7.28. The van der Waals surface area contributed by atoms with Gasteiger partial charge in [-0.1, -0.05) is 24.3 Å². The van der Waals surface area contributed by atoms with E-state index in [0.717, 1.165) is 82.1 Å². The zero-order chi connectivity index (χ0) is 25.5.